The first-order valence-corrected chi connectivity index (χ1v) is 5.07. The van der Waals surface area contributed by atoms with E-state index >= 15 is 0 Å². The SMILES string of the molecule is C#CC(C)Nc1ccccc1CCOC. The topological polar surface area (TPSA) is 21.3 Å². The molecule has 2 heteroatoms. The minimum absolute atomic E-state index is 0.0497. The van der Waals surface area contributed by atoms with E-state index in [-0.39, 0.29) is 6.04 Å². The highest BCUT2D eigenvalue weighted by Gasteiger charge is 2.03. The van der Waals surface area contributed by atoms with E-state index in [0.29, 0.717) is 0 Å². The third-order valence-electron chi connectivity index (χ3n) is 2.21. The first-order chi connectivity index (χ1) is 7.27. The van der Waals surface area contributed by atoms with Crippen LogP contribution in [0.4, 0.5) is 5.69 Å². The van der Waals surface area contributed by atoms with Gasteiger partial charge in [-0.25, -0.2) is 0 Å². The fourth-order valence-electron chi connectivity index (χ4n) is 1.37. The van der Waals surface area contributed by atoms with Gasteiger partial charge in [0.2, 0.25) is 0 Å². The van der Waals surface area contributed by atoms with E-state index in [2.05, 4.69) is 17.3 Å². The summed E-state index contributed by atoms with van der Waals surface area (Å²) < 4.78 is 5.06. The lowest BCUT2D eigenvalue weighted by molar-refractivity contribution is 0.202. The number of benzene rings is 1. The normalized spacial score (nSPS) is 11.8. The van der Waals surface area contributed by atoms with Crippen molar-refractivity contribution >= 4 is 5.69 Å². The maximum absolute atomic E-state index is 5.33. The minimum Gasteiger partial charge on any atom is -0.384 e. The van der Waals surface area contributed by atoms with Crippen LogP contribution >= 0.6 is 0 Å². The fraction of sp³-hybridized carbons (Fsp3) is 0.385. The molecular weight excluding hydrogens is 186 g/mol. The lowest BCUT2D eigenvalue weighted by Gasteiger charge is -2.13. The monoisotopic (exact) mass is 203 g/mol. The van der Waals surface area contributed by atoms with Crippen molar-refractivity contribution in [3.63, 3.8) is 0 Å². The molecular formula is C13H17NO. The van der Waals surface area contributed by atoms with Crippen molar-refractivity contribution in [2.75, 3.05) is 19.0 Å². The molecule has 0 aliphatic carbocycles. The molecule has 1 aromatic carbocycles. The Morgan fingerprint density at radius 1 is 1.47 bits per heavy atom. The Morgan fingerprint density at radius 2 is 2.20 bits per heavy atom. The predicted octanol–water partition coefficient (Wildman–Crippen LogP) is 2.31. The van der Waals surface area contributed by atoms with E-state index in [1.165, 1.54) is 5.56 Å². The summed E-state index contributed by atoms with van der Waals surface area (Å²) in [5, 5.41) is 3.28. The second-order valence-electron chi connectivity index (χ2n) is 3.43. The standard InChI is InChI=1S/C13H17NO/c1-4-11(2)14-13-8-6-5-7-12(13)9-10-15-3/h1,5-8,11,14H,9-10H2,2-3H3. The van der Waals surface area contributed by atoms with Gasteiger partial charge in [-0.1, -0.05) is 24.1 Å². The zero-order chi connectivity index (χ0) is 11.1. The number of nitrogens with one attached hydrogen (secondary N) is 1. The number of hydrogen-bond donors (Lipinski definition) is 1. The highest BCUT2D eigenvalue weighted by molar-refractivity contribution is 5.52. The third kappa shape index (κ3) is 3.65. The molecule has 15 heavy (non-hydrogen) atoms. The quantitative estimate of drug-likeness (QED) is 0.741. The van der Waals surface area contributed by atoms with Crippen molar-refractivity contribution in [2.24, 2.45) is 0 Å². The minimum atomic E-state index is 0.0497. The van der Waals surface area contributed by atoms with E-state index < -0.39 is 0 Å². The van der Waals surface area contributed by atoms with Crippen LogP contribution in [0.2, 0.25) is 0 Å². The van der Waals surface area contributed by atoms with Crippen LogP contribution in [0, 0.1) is 12.3 Å². The molecule has 2 nitrogen and oxygen atoms in total. The zero-order valence-corrected chi connectivity index (χ0v) is 9.29. The lowest BCUT2D eigenvalue weighted by Crippen LogP contribution is -2.13. The van der Waals surface area contributed by atoms with Gasteiger partial charge in [-0.2, -0.15) is 0 Å². The molecule has 1 atom stereocenters. The van der Waals surface area contributed by atoms with Crippen molar-refractivity contribution in [3.05, 3.63) is 29.8 Å². The Morgan fingerprint density at radius 3 is 2.87 bits per heavy atom. The Kier molecular flexibility index (Phi) is 4.73. The summed E-state index contributed by atoms with van der Waals surface area (Å²) in [6.45, 7) is 2.69. The summed E-state index contributed by atoms with van der Waals surface area (Å²) in [6, 6.07) is 8.20. The molecule has 0 heterocycles. The molecule has 0 fully saturated rings. The highest BCUT2D eigenvalue weighted by Crippen LogP contribution is 2.16. The van der Waals surface area contributed by atoms with Crippen LogP contribution in [0.1, 0.15) is 12.5 Å². The number of rotatable bonds is 5. The van der Waals surface area contributed by atoms with Crippen molar-refractivity contribution in [1.82, 2.24) is 0 Å². The number of terminal acetylenes is 1. The van der Waals surface area contributed by atoms with Gasteiger partial charge in [-0.05, 0) is 25.0 Å². The molecule has 0 amide bonds. The van der Waals surface area contributed by atoms with Crippen LogP contribution in [0.3, 0.4) is 0 Å². The molecule has 1 N–H and O–H groups in total. The van der Waals surface area contributed by atoms with Gasteiger partial charge in [0.25, 0.3) is 0 Å². The van der Waals surface area contributed by atoms with Crippen LogP contribution in [-0.4, -0.2) is 19.8 Å². The predicted molar refractivity (Wildman–Crippen MR) is 63.9 cm³/mol. The molecule has 1 unspecified atom stereocenters. The van der Waals surface area contributed by atoms with E-state index in [0.717, 1.165) is 18.7 Å². The average molecular weight is 203 g/mol. The summed E-state index contributed by atoms with van der Waals surface area (Å²) in [5.74, 6) is 2.65. The van der Waals surface area contributed by atoms with Gasteiger partial charge in [0.05, 0.1) is 12.6 Å². The maximum Gasteiger partial charge on any atom is 0.0845 e. The van der Waals surface area contributed by atoms with E-state index in [4.69, 9.17) is 11.2 Å². The first kappa shape index (κ1) is 11.6. The van der Waals surface area contributed by atoms with Gasteiger partial charge < -0.3 is 10.1 Å². The zero-order valence-electron chi connectivity index (χ0n) is 9.29. The second-order valence-corrected chi connectivity index (χ2v) is 3.43. The number of hydrogen-bond acceptors (Lipinski definition) is 2. The molecule has 0 aliphatic heterocycles. The van der Waals surface area contributed by atoms with Crippen LogP contribution in [0.25, 0.3) is 0 Å². The second kappa shape index (κ2) is 6.10. The number of ether oxygens (including phenoxy) is 1. The van der Waals surface area contributed by atoms with Crippen molar-refractivity contribution in [3.8, 4) is 12.3 Å². The first-order valence-electron chi connectivity index (χ1n) is 5.07. The van der Waals surface area contributed by atoms with Gasteiger partial charge in [-0.3, -0.25) is 0 Å². The van der Waals surface area contributed by atoms with E-state index in [1.807, 2.05) is 25.1 Å². The van der Waals surface area contributed by atoms with Gasteiger partial charge in [0.1, 0.15) is 0 Å². The van der Waals surface area contributed by atoms with Gasteiger partial charge in [0.15, 0.2) is 0 Å². The van der Waals surface area contributed by atoms with Crippen molar-refractivity contribution < 1.29 is 4.74 Å². The van der Waals surface area contributed by atoms with Gasteiger partial charge in [-0.15, -0.1) is 6.42 Å². The summed E-state index contributed by atoms with van der Waals surface area (Å²) in [5.41, 5.74) is 2.33. The highest BCUT2D eigenvalue weighted by atomic mass is 16.5. The third-order valence-corrected chi connectivity index (χ3v) is 2.21. The molecule has 0 spiro atoms. The number of anilines is 1. The molecule has 1 aromatic rings. The van der Waals surface area contributed by atoms with Crippen LogP contribution in [0.5, 0.6) is 0 Å². The van der Waals surface area contributed by atoms with Crippen LogP contribution in [0.15, 0.2) is 24.3 Å². The maximum atomic E-state index is 5.33. The van der Waals surface area contributed by atoms with Crippen LogP contribution < -0.4 is 5.32 Å². The van der Waals surface area contributed by atoms with E-state index in [9.17, 15) is 0 Å². The number of methoxy groups -OCH3 is 1. The summed E-state index contributed by atoms with van der Waals surface area (Å²) in [6.07, 6.45) is 6.23. The molecule has 0 radical (unpaired) electrons. The average Bonchev–Trinajstić information content (AvgIpc) is 2.28. The smallest absolute Gasteiger partial charge is 0.0845 e. The Bertz CT molecular complexity index is 341. The molecule has 0 saturated heterocycles. The summed E-state index contributed by atoms with van der Waals surface area (Å²) >= 11 is 0. The Labute approximate surface area is 91.6 Å². The molecule has 80 valence electrons. The Balaban J connectivity index is 2.73. The fourth-order valence-corrected chi connectivity index (χ4v) is 1.37. The molecule has 0 bridgehead atoms. The Hall–Kier alpha value is -1.46. The molecule has 0 saturated carbocycles. The molecule has 1 rings (SSSR count). The van der Waals surface area contributed by atoms with Crippen LogP contribution in [-0.2, 0) is 11.2 Å². The summed E-state index contributed by atoms with van der Waals surface area (Å²) in [7, 11) is 1.71. The largest absolute Gasteiger partial charge is 0.384 e. The molecule has 0 aromatic heterocycles. The van der Waals surface area contributed by atoms with Crippen molar-refractivity contribution in [2.45, 2.75) is 19.4 Å². The number of para-hydroxylation sites is 1. The lowest BCUT2D eigenvalue weighted by atomic mass is 10.1. The van der Waals surface area contributed by atoms with Gasteiger partial charge >= 0.3 is 0 Å². The van der Waals surface area contributed by atoms with Crippen molar-refractivity contribution in [1.29, 1.82) is 0 Å². The van der Waals surface area contributed by atoms with E-state index in [1.54, 1.807) is 7.11 Å². The summed E-state index contributed by atoms with van der Waals surface area (Å²) in [4.78, 5) is 0. The molecule has 0 aliphatic rings. The van der Waals surface area contributed by atoms with Gasteiger partial charge in [0, 0.05) is 12.8 Å².